The molecule has 0 unspecified atom stereocenters. The quantitative estimate of drug-likeness (QED) is 0.543. The molecular formula is C19H18N4O2S. The third kappa shape index (κ3) is 2.90. The maximum atomic E-state index is 12.6. The molecule has 0 bridgehead atoms. The van der Waals surface area contributed by atoms with E-state index in [0.717, 1.165) is 18.7 Å². The Morgan fingerprint density at radius 1 is 1.19 bits per heavy atom. The molecule has 0 spiro atoms. The van der Waals surface area contributed by atoms with Crippen molar-refractivity contribution in [2.45, 2.75) is 13.8 Å². The van der Waals surface area contributed by atoms with E-state index < -0.39 is 0 Å². The first-order valence-electron chi connectivity index (χ1n) is 8.49. The number of hydrogen-bond acceptors (Lipinski definition) is 6. The van der Waals surface area contributed by atoms with Gasteiger partial charge < -0.3 is 9.32 Å². The Morgan fingerprint density at radius 2 is 1.96 bits per heavy atom. The Hall–Kier alpha value is -2.93. The lowest BCUT2D eigenvalue weighted by Crippen LogP contribution is -2.23. The van der Waals surface area contributed by atoms with Gasteiger partial charge >= 0.3 is 0 Å². The summed E-state index contributed by atoms with van der Waals surface area (Å²) in [6.07, 6.45) is 3.44. The number of furan rings is 1. The number of nitrogens with zero attached hydrogens (tertiary/aromatic N) is 4. The minimum Gasteiger partial charge on any atom is -0.461 e. The van der Waals surface area contributed by atoms with E-state index in [0.29, 0.717) is 21.1 Å². The summed E-state index contributed by atoms with van der Waals surface area (Å²) in [5, 5.41) is 4.26. The van der Waals surface area contributed by atoms with Crippen LogP contribution in [0.15, 0.2) is 51.9 Å². The van der Waals surface area contributed by atoms with Gasteiger partial charge in [0.15, 0.2) is 5.76 Å². The monoisotopic (exact) mass is 366 g/mol. The number of fused-ring (bicyclic) bond motifs is 1. The molecule has 4 rings (SSSR count). The third-order valence-electron chi connectivity index (χ3n) is 4.24. The highest BCUT2D eigenvalue weighted by atomic mass is 32.1. The molecular weight excluding hydrogens is 348 g/mol. The summed E-state index contributed by atoms with van der Waals surface area (Å²) in [7, 11) is 0. The van der Waals surface area contributed by atoms with Crippen LogP contribution in [0.5, 0.6) is 0 Å². The Bertz CT molecular complexity index is 1120. The van der Waals surface area contributed by atoms with Gasteiger partial charge in [0.25, 0.3) is 5.56 Å². The van der Waals surface area contributed by atoms with Gasteiger partial charge in [0.2, 0.25) is 10.8 Å². The lowest BCUT2D eigenvalue weighted by molar-refractivity contribution is 0.577. The van der Waals surface area contributed by atoms with Crippen LogP contribution in [0, 0.1) is 0 Å². The Labute approximate surface area is 154 Å². The van der Waals surface area contributed by atoms with Crippen molar-refractivity contribution in [3.05, 3.63) is 63.1 Å². The van der Waals surface area contributed by atoms with E-state index in [1.165, 1.54) is 21.5 Å². The SMILES string of the molecule is CCN(CC)c1ccc(/C=c2/sc3nc(-c4ccco4)nn3c2=O)cc1. The van der Waals surface area contributed by atoms with Crippen molar-refractivity contribution >= 4 is 28.1 Å². The summed E-state index contributed by atoms with van der Waals surface area (Å²) in [5.41, 5.74) is 2.00. The van der Waals surface area contributed by atoms with Gasteiger partial charge in [-0.05, 0) is 49.8 Å². The molecule has 0 saturated carbocycles. The van der Waals surface area contributed by atoms with Crippen LogP contribution in [0.3, 0.4) is 0 Å². The average Bonchev–Trinajstić information content (AvgIpc) is 3.37. The lowest BCUT2D eigenvalue weighted by atomic mass is 10.2. The zero-order valence-corrected chi connectivity index (χ0v) is 15.4. The van der Waals surface area contributed by atoms with Gasteiger partial charge in [-0.3, -0.25) is 4.79 Å². The molecule has 0 aliphatic rings. The van der Waals surface area contributed by atoms with Crippen molar-refractivity contribution in [1.29, 1.82) is 0 Å². The number of benzene rings is 1. The molecule has 7 heteroatoms. The van der Waals surface area contributed by atoms with Crippen molar-refractivity contribution in [3.63, 3.8) is 0 Å². The summed E-state index contributed by atoms with van der Waals surface area (Å²) in [5.74, 6) is 0.978. The average molecular weight is 366 g/mol. The van der Waals surface area contributed by atoms with Gasteiger partial charge in [-0.15, -0.1) is 5.10 Å². The van der Waals surface area contributed by atoms with Crippen LogP contribution < -0.4 is 15.0 Å². The smallest absolute Gasteiger partial charge is 0.291 e. The van der Waals surface area contributed by atoms with Gasteiger partial charge in [0.05, 0.1) is 10.8 Å². The van der Waals surface area contributed by atoms with Crippen molar-refractivity contribution in [2.75, 3.05) is 18.0 Å². The summed E-state index contributed by atoms with van der Waals surface area (Å²) in [4.78, 5) is 19.8. The maximum absolute atomic E-state index is 12.6. The summed E-state index contributed by atoms with van der Waals surface area (Å²) in [6, 6.07) is 11.7. The second kappa shape index (κ2) is 6.76. The lowest BCUT2D eigenvalue weighted by Gasteiger charge is -2.20. The Morgan fingerprint density at radius 3 is 2.58 bits per heavy atom. The van der Waals surface area contributed by atoms with E-state index in [4.69, 9.17) is 4.42 Å². The van der Waals surface area contributed by atoms with Crippen LogP contribution in [0.4, 0.5) is 5.69 Å². The molecule has 3 heterocycles. The molecule has 0 amide bonds. The summed E-state index contributed by atoms with van der Waals surface area (Å²) < 4.78 is 7.23. The number of aromatic nitrogens is 3. The van der Waals surface area contributed by atoms with Crippen LogP contribution in [0.25, 0.3) is 22.6 Å². The van der Waals surface area contributed by atoms with E-state index in [2.05, 4.69) is 41.0 Å². The molecule has 0 fully saturated rings. The van der Waals surface area contributed by atoms with Crippen molar-refractivity contribution in [3.8, 4) is 11.6 Å². The van der Waals surface area contributed by atoms with Crippen LogP contribution in [-0.2, 0) is 0 Å². The minimum atomic E-state index is -0.164. The maximum Gasteiger partial charge on any atom is 0.291 e. The summed E-state index contributed by atoms with van der Waals surface area (Å²) >= 11 is 1.33. The van der Waals surface area contributed by atoms with E-state index in [-0.39, 0.29) is 5.56 Å². The normalized spacial score (nSPS) is 12.2. The highest BCUT2D eigenvalue weighted by molar-refractivity contribution is 7.15. The van der Waals surface area contributed by atoms with Gasteiger partial charge in [-0.2, -0.15) is 9.50 Å². The fourth-order valence-electron chi connectivity index (χ4n) is 2.87. The highest BCUT2D eigenvalue weighted by Crippen LogP contribution is 2.17. The molecule has 26 heavy (non-hydrogen) atoms. The zero-order valence-electron chi connectivity index (χ0n) is 14.5. The largest absolute Gasteiger partial charge is 0.461 e. The first-order valence-corrected chi connectivity index (χ1v) is 9.31. The van der Waals surface area contributed by atoms with Crippen LogP contribution >= 0.6 is 11.3 Å². The molecule has 4 aromatic rings. The molecule has 0 aliphatic heterocycles. The molecule has 1 aromatic carbocycles. The predicted octanol–water partition coefficient (Wildman–Crippen LogP) is 2.80. The Kier molecular flexibility index (Phi) is 4.30. The van der Waals surface area contributed by atoms with Crippen LogP contribution in [0.2, 0.25) is 0 Å². The number of thiazole rings is 1. The molecule has 0 aliphatic carbocycles. The standard InChI is InChI=1S/C19H18N4O2S/c1-3-22(4-2)14-9-7-13(8-10-14)12-16-18(24)23-19(26-16)20-17(21-23)15-6-5-11-25-15/h5-12H,3-4H2,1-2H3/b16-12+. The van der Waals surface area contributed by atoms with Gasteiger partial charge in [-0.1, -0.05) is 23.5 Å². The number of hydrogen-bond donors (Lipinski definition) is 0. The molecule has 3 aromatic heterocycles. The molecule has 0 radical (unpaired) electrons. The second-order valence-electron chi connectivity index (χ2n) is 5.79. The summed E-state index contributed by atoms with van der Waals surface area (Å²) in [6.45, 7) is 6.21. The molecule has 0 N–H and O–H groups in total. The highest BCUT2D eigenvalue weighted by Gasteiger charge is 2.13. The van der Waals surface area contributed by atoms with Crippen molar-refractivity contribution in [2.24, 2.45) is 0 Å². The molecule has 0 saturated heterocycles. The van der Waals surface area contributed by atoms with Gasteiger partial charge in [0.1, 0.15) is 0 Å². The zero-order chi connectivity index (χ0) is 18.1. The van der Waals surface area contributed by atoms with Crippen molar-refractivity contribution in [1.82, 2.24) is 14.6 Å². The fourth-order valence-corrected chi connectivity index (χ4v) is 3.77. The topological polar surface area (TPSA) is 63.6 Å². The molecule has 0 atom stereocenters. The van der Waals surface area contributed by atoms with Gasteiger partial charge in [-0.25, -0.2) is 0 Å². The first-order chi connectivity index (χ1) is 12.7. The number of rotatable bonds is 5. The molecule has 6 nitrogen and oxygen atoms in total. The molecule has 132 valence electrons. The van der Waals surface area contributed by atoms with E-state index in [1.807, 2.05) is 18.2 Å². The van der Waals surface area contributed by atoms with Gasteiger partial charge in [0, 0.05) is 18.8 Å². The van der Waals surface area contributed by atoms with Crippen molar-refractivity contribution < 1.29 is 4.42 Å². The predicted molar refractivity (Wildman–Crippen MR) is 104 cm³/mol. The Balaban J connectivity index is 1.69. The van der Waals surface area contributed by atoms with E-state index in [1.54, 1.807) is 18.4 Å². The number of anilines is 1. The van der Waals surface area contributed by atoms with Crippen LogP contribution in [-0.4, -0.2) is 27.7 Å². The van der Waals surface area contributed by atoms with E-state index in [9.17, 15) is 4.79 Å². The van der Waals surface area contributed by atoms with Crippen LogP contribution in [0.1, 0.15) is 19.4 Å². The fraction of sp³-hybridized carbons (Fsp3) is 0.211. The third-order valence-corrected chi connectivity index (χ3v) is 5.20. The minimum absolute atomic E-state index is 0.164. The second-order valence-corrected chi connectivity index (χ2v) is 6.80. The van der Waals surface area contributed by atoms with E-state index >= 15 is 0 Å². The first kappa shape index (κ1) is 16.5.